The van der Waals surface area contributed by atoms with Crippen molar-refractivity contribution in [2.45, 2.75) is 39.3 Å². The molecule has 2 aromatic rings. The first-order valence-electron chi connectivity index (χ1n) is 8.36. The summed E-state index contributed by atoms with van der Waals surface area (Å²) in [5.74, 6) is -0.176. The van der Waals surface area contributed by atoms with Gasteiger partial charge in [0, 0.05) is 17.8 Å². The van der Waals surface area contributed by atoms with E-state index in [0.717, 1.165) is 23.2 Å². The van der Waals surface area contributed by atoms with Gasteiger partial charge in [-0.2, -0.15) is 0 Å². The quantitative estimate of drug-likeness (QED) is 0.911. The average molecular weight is 322 g/mol. The fourth-order valence-electron chi connectivity index (χ4n) is 3.09. The highest BCUT2D eigenvalue weighted by atomic mass is 16.2. The first kappa shape index (κ1) is 16.2. The molecule has 4 heteroatoms. The van der Waals surface area contributed by atoms with Crippen LogP contribution in [-0.4, -0.2) is 22.8 Å². The van der Waals surface area contributed by atoms with Gasteiger partial charge < -0.3 is 10.2 Å². The minimum absolute atomic E-state index is 0.0527. The highest BCUT2D eigenvalue weighted by molar-refractivity contribution is 6.03. The lowest BCUT2D eigenvalue weighted by atomic mass is 10.1. The minimum atomic E-state index is -0.448. The van der Waals surface area contributed by atoms with Crippen LogP contribution in [0.2, 0.25) is 0 Å². The summed E-state index contributed by atoms with van der Waals surface area (Å²) in [6, 6.07) is 14.8. The lowest BCUT2D eigenvalue weighted by Crippen LogP contribution is -2.44. The SMILES string of the molecule is CCCC(C(=O)Nc1ccc(C)cc1)N1Cc2ccccc2C1=O. The molecule has 0 saturated carbocycles. The summed E-state index contributed by atoms with van der Waals surface area (Å²) in [5, 5.41) is 2.95. The predicted octanol–water partition coefficient (Wildman–Crippen LogP) is 3.76. The van der Waals surface area contributed by atoms with Crippen LogP contribution in [0.25, 0.3) is 0 Å². The van der Waals surface area contributed by atoms with E-state index in [4.69, 9.17) is 0 Å². The van der Waals surface area contributed by atoms with Crippen LogP contribution >= 0.6 is 0 Å². The standard InChI is InChI=1S/C20H22N2O2/c1-3-6-18(19(23)21-16-11-9-14(2)10-12-16)22-13-15-7-4-5-8-17(15)20(22)24/h4-5,7-12,18H,3,6,13H2,1-2H3,(H,21,23). The topological polar surface area (TPSA) is 49.4 Å². The van der Waals surface area contributed by atoms with Gasteiger partial charge in [-0.1, -0.05) is 49.2 Å². The van der Waals surface area contributed by atoms with Gasteiger partial charge >= 0.3 is 0 Å². The second-order valence-corrected chi connectivity index (χ2v) is 6.25. The van der Waals surface area contributed by atoms with Crippen molar-refractivity contribution in [1.82, 2.24) is 4.90 Å². The lowest BCUT2D eigenvalue weighted by Gasteiger charge is -2.26. The van der Waals surface area contributed by atoms with E-state index in [0.29, 0.717) is 18.5 Å². The smallest absolute Gasteiger partial charge is 0.255 e. The number of nitrogens with zero attached hydrogens (tertiary/aromatic N) is 1. The molecular formula is C20H22N2O2. The van der Waals surface area contributed by atoms with E-state index < -0.39 is 6.04 Å². The summed E-state index contributed by atoms with van der Waals surface area (Å²) in [4.78, 5) is 27.1. The summed E-state index contributed by atoms with van der Waals surface area (Å²) in [6.07, 6.45) is 1.49. The lowest BCUT2D eigenvalue weighted by molar-refractivity contribution is -0.120. The molecular weight excluding hydrogens is 300 g/mol. The van der Waals surface area contributed by atoms with Gasteiger partial charge in [0.15, 0.2) is 0 Å². The first-order valence-corrected chi connectivity index (χ1v) is 8.36. The molecule has 0 saturated heterocycles. The van der Waals surface area contributed by atoms with Crippen LogP contribution in [0.3, 0.4) is 0 Å². The van der Waals surface area contributed by atoms with Crippen molar-refractivity contribution in [2.24, 2.45) is 0 Å². The van der Waals surface area contributed by atoms with Crippen LogP contribution in [0.5, 0.6) is 0 Å². The number of rotatable bonds is 5. The highest BCUT2D eigenvalue weighted by Gasteiger charge is 2.35. The second kappa shape index (κ2) is 6.87. The number of amides is 2. The number of hydrogen-bond donors (Lipinski definition) is 1. The molecule has 4 nitrogen and oxygen atoms in total. The maximum absolute atomic E-state index is 12.8. The number of fused-ring (bicyclic) bond motifs is 1. The fourth-order valence-corrected chi connectivity index (χ4v) is 3.09. The van der Waals surface area contributed by atoms with E-state index in [2.05, 4.69) is 5.32 Å². The number of carbonyl (C=O) groups excluding carboxylic acids is 2. The van der Waals surface area contributed by atoms with Gasteiger partial charge in [-0.3, -0.25) is 9.59 Å². The van der Waals surface area contributed by atoms with Gasteiger partial charge in [-0.25, -0.2) is 0 Å². The summed E-state index contributed by atoms with van der Waals surface area (Å²) < 4.78 is 0. The molecule has 1 aliphatic rings. The van der Waals surface area contributed by atoms with E-state index in [1.54, 1.807) is 4.90 Å². The zero-order valence-electron chi connectivity index (χ0n) is 14.1. The molecule has 1 N–H and O–H groups in total. The third kappa shape index (κ3) is 3.18. The van der Waals surface area contributed by atoms with Crippen molar-refractivity contribution in [1.29, 1.82) is 0 Å². The zero-order valence-corrected chi connectivity index (χ0v) is 14.1. The molecule has 0 radical (unpaired) electrons. The molecule has 3 rings (SSSR count). The average Bonchev–Trinajstić information content (AvgIpc) is 2.92. The molecule has 0 aliphatic carbocycles. The van der Waals surface area contributed by atoms with Crippen molar-refractivity contribution in [2.75, 3.05) is 5.32 Å². The number of anilines is 1. The summed E-state index contributed by atoms with van der Waals surface area (Å²) in [6.45, 7) is 4.53. The maximum atomic E-state index is 12.8. The van der Waals surface area contributed by atoms with E-state index in [9.17, 15) is 9.59 Å². The predicted molar refractivity (Wildman–Crippen MR) is 94.8 cm³/mol. The Kier molecular flexibility index (Phi) is 4.65. The molecule has 0 aromatic heterocycles. The Morgan fingerprint density at radius 2 is 1.88 bits per heavy atom. The molecule has 2 aromatic carbocycles. The molecule has 1 unspecified atom stereocenters. The van der Waals surface area contributed by atoms with Crippen molar-refractivity contribution < 1.29 is 9.59 Å². The van der Waals surface area contributed by atoms with E-state index in [1.807, 2.05) is 62.4 Å². The summed E-state index contributed by atoms with van der Waals surface area (Å²) in [5.41, 5.74) is 3.60. The molecule has 24 heavy (non-hydrogen) atoms. The number of nitrogens with one attached hydrogen (secondary N) is 1. The molecule has 1 aliphatic heterocycles. The molecule has 2 amide bonds. The van der Waals surface area contributed by atoms with Gasteiger partial charge in [0.1, 0.15) is 6.04 Å². The molecule has 0 spiro atoms. The Balaban J connectivity index is 1.79. The Bertz CT molecular complexity index is 752. The number of hydrogen-bond acceptors (Lipinski definition) is 2. The molecule has 1 heterocycles. The Morgan fingerprint density at radius 1 is 1.17 bits per heavy atom. The van der Waals surface area contributed by atoms with Crippen molar-refractivity contribution >= 4 is 17.5 Å². The van der Waals surface area contributed by atoms with Crippen LogP contribution < -0.4 is 5.32 Å². The van der Waals surface area contributed by atoms with E-state index in [1.165, 1.54) is 0 Å². The number of benzene rings is 2. The van der Waals surface area contributed by atoms with E-state index in [-0.39, 0.29) is 11.8 Å². The van der Waals surface area contributed by atoms with Crippen molar-refractivity contribution in [3.8, 4) is 0 Å². The van der Waals surface area contributed by atoms with Crippen LogP contribution in [0.1, 0.15) is 41.3 Å². The Labute approximate surface area is 142 Å². The molecule has 124 valence electrons. The maximum Gasteiger partial charge on any atom is 0.255 e. The van der Waals surface area contributed by atoms with Crippen molar-refractivity contribution in [3.05, 3.63) is 65.2 Å². The number of aryl methyl sites for hydroxylation is 1. The van der Waals surface area contributed by atoms with Gasteiger partial charge in [-0.05, 0) is 37.1 Å². The van der Waals surface area contributed by atoms with Gasteiger partial charge in [0.2, 0.25) is 5.91 Å². The van der Waals surface area contributed by atoms with Gasteiger partial charge in [0.05, 0.1) is 0 Å². The third-order valence-electron chi connectivity index (χ3n) is 4.41. The number of carbonyl (C=O) groups is 2. The van der Waals surface area contributed by atoms with Crippen LogP contribution in [0, 0.1) is 6.92 Å². The van der Waals surface area contributed by atoms with Gasteiger partial charge in [-0.15, -0.1) is 0 Å². The zero-order chi connectivity index (χ0) is 17.1. The summed E-state index contributed by atoms with van der Waals surface area (Å²) in [7, 11) is 0. The Hall–Kier alpha value is -2.62. The highest BCUT2D eigenvalue weighted by Crippen LogP contribution is 2.26. The first-order chi connectivity index (χ1) is 11.6. The Morgan fingerprint density at radius 3 is 2.54 bits per heavy atom. The monoisotopic (exact) mass is 322 g/mol. The molecule has 1 atom stereocenters. The van der Waals surface area contributed by atoms with Gasteiger partial charge in [0.25, 0.3) is 5.91 Å². The second-order valence-electron chi connectivity index (χ2n) is 6.25. The van der Waals surface area contributed by atoms with E-state index >= 15 is 0 Å². The third-order valence-corrected chi connectivity index (χ3v) is 4.41. The normalized spacial score (nSPS) is 14.4. The van der Waals surface area contributed by atoms with Crippen LogP contribution in [-0.2, 0) is 11.3 Å². The molecule has 0 bridgehead atoms. The fraction of sp³-hybridized carbons (Fsp3) is 0.300. The largest absolute Gasteiger partial charge is 0.324 e. The summed E-state index contributed by atoms with van der Waals surface area (Å²) >= 11 is 0. The van der Waals surface area contributed by atoms with Crippen molar-refractivity contribution in [3.63, 3.8) is 0 Å². The minimum Gasteiger partial charge on any atom is -0.324 e. The van der Waals surface area contributed by atoms with Crippen LogP contribution in [0.15, 0.2) is 48.5 Å². The molecule has 0 fully saturated rings. The van der Waals surface area contributed by atoms with Crippen LogP contribution in [0.4, 0.5) is 5.69 Å².